The van der Waals surface area contributed by atoms with Crippen LogP contribution in [0.2, 0.25) is 0 Å². The van der Waals surface area contributed by atoms with Crippen LogP contribution in [0.3, 0.4) is 0 Å². The van der Waals surface area contributed by atoms with Crippen LogP contribution in [0, 0.1) is 0 Å². The summed E-state index contributed by atoms with van der Waals surface area (Å²) in [7, 11) is 0. The van der Waals surface area contributed by atoms with Gasteiger partial charge in [0, 0.05) is 17.1 Å². The molecule has 0 spiro atoms. The Morgan fingerprint density at radius 2 is 1.50 bits per heavy atom. The molecule has 0 bridgehead atoms. The Labute approximate surface area is 174 Å². The summed E-state index contributed by atoms with van der Waals surface area (Å²) in [6, 6.07) is 25.7. The van der Waals surface area contributed by atoms with E-state index < -0.39 is 0 Å². The smallest absolute Gasteiger partial charge is 0.247 e. The zero-order chi connectivity index (χ0) is 20.7. The van der Waals surface area contributed by atoms with Gasteiger partial charge in [-0.25, -0.2) is 9.97 Å². The molecule has 148 valence electrons. The van der Waals surface area contributed by atoms with Crippen LogP contribution in [-0.4, -0.2) is 26.5 Å². The molecule has 0 unspecified atom stereocenters. The van der Waals surface area contributed by atoms with Gasteiger partial charge < -0.3 is 9.47 Å². The van der Waals surface area contributed by atoms with Gasteiger partial charge in [-0.2, -0.15) is 0 Å². The molecule has 2 aromatic heterocycles. The molecule has 0 saturated heterocycles. The molecule has 0 aliphatic rings. The number of anilines is 1. The number of hydrogen-bond donors (Lipinski definition) is 0. The standard InChI is InChI=1S/C25H22N4O/c1-17(2)29(18-10-4-3-5-11-18)23(30)16-28-22-15-9-6-12-19(22)24-25(28)27-21-14-8-7-13-20(21)26-24/h3-15,17H,16H2,1-2H3. The Balaban J connectivity index is 1.67. The lowest BCUT2D eigenvalue weighted by atomic mass is 10.2. The highest BCUT2D eigenvalue weighted by atomic mass is 16.2. The lowest BCUT2D eigenvalue weighted by Crippen LogP contribution is -2.39. The number of carbonyl (C=O) groups excluding carboxylic acids is 1. The number of carbonyl (C=O) groups is 1. The van der Waals surface area contributed by atoms with Crippen LogP contribution in [-0.2, 0) is 11.3 Å². The summed E-state index contributed by atoms with van der Waals surface area (Å²) in [5.74, 6) is 0.0220. The molecule has 5 heteroatoms. The third-order valence-corrected chi connectivity index (χ3v) is 5.37. The molecule has 2 heterocycles. The van der Waals surface area contributed by atoms with Crippen LogP contribution in [0.15, 0.2) is 78.9 Å². The van der Waals surface area contributed by atoms with Gasteiger partial charge in [0.2, 0.25) is 5.91 Å². The van der Waals surface area contributed by atoms with E-state index in [0.717, 1.165) is 38.8 Å². The van der Waals surface area contributed by atoms with Crippen LogP contribution >= 0.6 is 0 Å². The number of nitrogens with zero attached hydrogens (tertiary/aromatic N) is 4. The van der Waals surface area contributed by atoms with Gasteiger partial charge in [-0.3, -0.25) is 4.79 Å². The van der Waals surface area contributed by atoms with E-state index in [2.05, 4.69) is 0 Å². The topological polar surface area (TPSA) is 51.0 Å². The number of rotatable bonds is 4. The fraction of sp³-hybridized carbons (Fsp3) is 0.160. The van der Waals surface area contributed by atoms with Crippen molar-refractivity contribution >= 4 is 44.7 Å². The van der Waals surface area contributed by atoms with Crippen molar-refractivity contribution in [2.24, 2.45) is 0 Å². The molecule has 3 aromatic carbocycles. The minimum Gasteiger partial charge on any atom is -0.314 e. The molecule has 1 amide bonds. The summed E-state index contributed by atoms with van der Waals surface area (Å²) in [5.41, 5.74) is 5.10. The number of fused-ring (bicyclic) bond motifs is 4. The minimum atomic E-state index is 0.0220. The highest BCUT2D eigenvalue weighted by molar-refractivity contribution is 6.07. The van der Waals surface area contributed by atoms with Gasteiger partial charge in [-0.05, 0) is 44.2 Å². The van der Waals surface area contributed by atoms with Crippen molar-refractivity contribution in [2.45, 2.75) is 26.4 Å². The van der Waals surface area contributed by atoms with Crippen LogP contribution in [0.4, 0.5) is 5.69 Å². The summed E-state index contributed by atoms with van der Waals surface area (Å²) in [5, 5.41) is 1.01. The van der Waals surface area contributed by atoms with E-state index >= 15 is 0 Å². The second kappa shape index (κ2) is 7.26. The van der Waals surface area contributed by atoms with Crippen molar-refractivity contribution in [1.29, 1.82) is 0 Å². The van der Waals surface area contributed by atoms with E-state index in [9.17, 15) is 4.79 Å². The molecular weight excluding hydrogens is 372 g/mol. The Morgan fingerprint density at radius 1 is 0.867 bits per heavy atom. The SMILES string of the molecule is CC(C)N(C(=O)Cn1c2ccccc2c2nc3ccccc3nc21)c1ccccc1. The maximum Gasteiger partial charge on any atom is 0.247 e. The zero-order valence-electron chi connectivity index (χ0n) is 17.0. The first-order chi connectivity index (χ1) is 14.6. The predicted molar refractivity (Wildman–Crippen MR) is 122 cm³/mol. The number of aromatic nitrogens is 3. The van der Waals surface area contributed by atoms with Crippen molar-refractivity contribution < 1.29 is 4.79 Å². The summed E-state index contributed by atoms with van der Waals surface area (Å²) in [4.78, 5) is 25.0. The van der Waals surface area contributed by atoms with Gasteiger partial charge in [-0.15, -0.1) is 0 Å². The van der Waals surface area contributed by atoms with Crippen molar-refractivity contribution in [3.63, 3.8) is 0 Å². The van der Waals surface area contributed by atoms with Gasteiger partial charge >= 0.3 is 0 Å². The number of benzene rings is 3. The fourth-order valence-corrected chi connectivity index (χ4v) is 4.07. The lowest BCUT2D eigenvalue weighted by Gasteiger charge is -2.27. The van der Waals surface area contributed by atoms with Crippen molar-refractivity contribution in [3.05, 3.63) is 78.9 Å². The van der Waals surface area contributed by atoms with Crippen molar-refractivity contribution in [2.75, 3.05) is 4.90 Å². The zero-order valence-corrected chi connectivity index (χ0v) is 17.0. The molecule has 30 heavy (non-hydrogen) atoms. The van der Waals surface area contributed by atoms with Crippen LogP contribution in [0.5, 0.6) is 0 Å². The molecular formula is C25H22N4O. The van der Waals surface area contributed by atoms with Crippen LogP contribution in [0.25, 0.3) is 33.1 Å². The van der Waals surface area contributed by atoms with E-state index in [-0.39, 0.29) is 18.5 Å². The minimum absolute atomic E-state index is 0.0220. The summed E-state index contributed by atoms with van der Waals surface area (Å²) in [6.45, 7) is 4.26. The summed E-state index contributed by atoms with van der Waals surface area (Å²) in [6.07, 6.45) is 0. The third-order valence-electron chi connectivity index (χ3n) is 5.37. The summed E-state index contributed by atoms with van der Waals surface area (Å²) < 4.78 is 1.99. The van der Waals surface area contributed by atoms with Crippen LogP contribution in [0.1, 0.15) is 13.8 Å². The molecule has 0 atom stereocenters. The molecule has 0 aliphatic heterocycles. The van der Waals surface area contributed by atoms with Gasteiger partial charge in [0.05, 0.1) is 16.6 Å². The van der Waals surface area contributed by atoms with Crippen molar-refractivity contribution in [3.8, 4) is 0 Å². The molecule has 0 radical (unpaired) electrons. The van der Waals surface area contributed by atoms with E-state index in [1.54, 1.807) is 0 Å². The van der Waals surface area contributed by atoms with Gasteiger partial charge in [-0.1, -0.05) is 48.5 Å². The molecule has 0 N–H and O–H groups in total. The van der Waals surface area contributed by atoms with E-state index in [1.165, 1.54) is 0 Å². The number of para-hydroxylation sites is 4. The van der Waals surface area contributed by atoms with Gasteiger partial charge in [0.1, 0.15) is 12.1 Å². The van der Waals surface area contributed by atoms with E-state index in [4.69, 9.17) is 9.97 Å². The molecule has 5 nitrogen and oxygen atoms in total. The molecule has 0 aliphatic carbocycles. The fourth-order valence-electron chi connectivity index (χ4n) is 4.07. The summed E-state index contributed by atoms with van der Waals surface area (Å²) >= 11 is 0. The number of amides is 1. The lowest BCUT2D eigenvalue weighted by molar-refractivity contribution is -0.119. The van der Waals surface area contributed by atoms with Gasteiger partial charge in [0.25, 0.3) is 0 Å². The average Bonchev–Trinajstić information content (AvgIpc) is 3.06. The number of hydrogen-bond acceptors (Lipinski definition) is 3. The Hall–Kier alpha value is -3.73. The van der Waals surface area contributed by atoms with E-state index in [0.29, 0.717) is 0 Å². The van der Waals surface area contributed by atoms with E-state index in [1.807, 2.05) is 102 Å². The molecule has 5 rings (SSSR count). The third kappa shape index (κ3) is 2.99. The quantitative estimate of drug-likeness (QED) is 0.422. The molecule has 0 fully saturated rings. The normalized spacial score (nSPS) is 11.6. The molecule has 5 aromatic rings. The Morgan fingerprint density at radius 3 is 2.23 bits per heavy atom. The second-order valence-corrected chi connectivity index (χ2v) is 7.68. The highest BCUT2D eigenvalue weighted by Gasteiger charge is 2.22. The predicted octanol–water partition coefficient (Wildman–Crippen LogP) is 5.18. The highest BCUT2D eigenvalue weighted by Crippen LogP contribution is 2.28. The first kappa shape index (κ1) is 18.3. The maximum absolute atomic E-state index is 13.5. The average molecular weight is 394 g/mol. The van der Waals surface area contributed by atoms with Gasteiger partial charge in [0.15, 0.2) is 5.65 Å². The second-order valence-electron chi connectivity index (χ2n) is 7.68. The Bertz CT molecular complexity index is 1370. The first-order valence-electron chi connectivity index (χ1n) is 10.1. The largest absolute Gasteiger partial charge is 0.314 e. The first-order valence-corrected chi connectivity index (χ1v) is 10.1. The Kier molecular flexibility index (Phi) is 4.43. The molecule has 0 saturated carbocycles. The van der Waals surface area contributed by atoms with Crippen molar-refractivity contribution in [1.82, 2.24) is 14.5 Å². The monoisotopic (exact) mass is 394 g/mol. The van der Waals surface area contributed by atoms with Crippen LogP contribution < -0.4 is 4.90 Å². The maximum atomic E-state index is 13.5.